The molecule has 0 aliphatic carbocycles. The van der Waals surface area contributed by atoms with E-state index in [1.54, 1.807) is 0 Å². The fraction of sp³-hybridized carbons (Fsp3) is 0.506. The van der Waals surface area contributed by atoms with Crippen LogP contribution >= 0.6 is 72.0 Å². The van der Waals surface area contributed by atoms with Crippen molar-refractivity contribution in [1.29, 1.82) is 0 Å². The molecule has 6 rings (SSSR count). The van der Waals surface area contributed by atoms with Gasteiger partial charge in [-0.3, -0.25) is 0 Å². The number of hydrogen-bond acceptors (Lipinski definition) is 0. The number of allylic oxidation sites excluding steroid dienone is 1. The Morgan fingerprint density at radius 3 is 0.719 bits per heavy atom. The predicted molar refractivity (Wildman–Crippen MR) is 403 cm³/mol. The fourth-order valence-corrected chi connectivity index (χ4v) is 13.7. The molecule has 0 aromatic heterocycles. The molecule has 0 heterocycles. The third kappa shape index (κ3) is 32.0. The second-order valence-electron chi connectivity index (χ2n) is 31.5. The van der Waals surface area contributed by atoms with Crippen LogP contribution < -0.4 is 0 Å². The summed E-state index contributed by atoms with van der Waals surface area (Å²) >= 11 is 16.1. The third-order valence-electron chi connectivity index (χ3n) is 16.7. The van der Waals surface area contributed by atoms with Gasteiger partial charge in [-0.2, -0.15) is 0 Å². The van der Waals surface area contributed by atoms with Crippen molar-refractivity contribution in [2.45, 2.75) is 246 Å². The van der Waals surface area contributed by atoms with Crippen molar-refractivity contribution in [2.24, 2.45) is 16.2 Å². The molecule has 0 saturated heterocycles. The van der Waals surface area contributed by atoms with Crippen molar-refractivity contribution >= 4 is 78.1 Å². The van der Waals surface area contributed by atoms with Gasteiger partial charge >= 0.3 is 49.6 Å². The third-order valence-corrected chi connectivity index (χ3v) is 17.4. The van der Waals surface area contributed by atoms with Crippen LogP contribution in [0, 0.1) is 16.2 Å². The molecule has 0 aliphatic heterocycles. The summed E-state index contributed by atoms with van der Waals surface area (Å²) in [7, 11) is 20.1. The molecule has 0 saturated carbocycles. The number of benzene rings is 6. The number of hydrogen-bond donors (Lipinski definition) is 0. The molecule has 0 N–H and O–H groups in total. The molecule has 6 aromatic rings. The first-order valence-corrected chi connectivity index (χ1v) is 41.7. The van der Waals surface area contributed by atoms with Crippen LogP contribution in [0.15, 0.2) is 176 Å². The van der Waals surface area contributed by atoms with Crippen LogP contribution in [0.3, 0.4) is 0 Å². The first-order valence-electron chi connectivity index (χ1n) is 32.0. The van der Waals surface area contributed by atoms with Crippen LogP contribution in [0.5, 0.6) is 0 Å². The van der Waals surface area contributed by atoms with Crippen molar-refractivity contribution in [2.75, 3.05) is 0 Å². The molecule has 6 aromatic carbocycles. The number of alkyl halides is 3. The van der Waals surface area contributed by atoms with E-state index in [9.17, 15) is 0 Å². The van der Waals surface area contributed by atoms with Crippen LogP contribution in [-0.4, -0.2) is 0 Å². The molecule has 89 heavy (non-hydrogen) atoms. The molecule has 0 radical (unpaired) electrons. The maximum absolute atomic E-state index is 6.42. The van der Waals surface area contributed by atoms with Crippen LogP contribution in [-0.2, 0) is 43.2 Å². The van der Waals surface area contributed by atoms with E-state index in [0.29, 0.717) is 17.8 Å². The maximum atomic E-state index is 6.42. The zero-order valence-electron chi connectivity index (χ0n) is 59.1. The summed E-state index contributed by atoms with van der Waals surface area (Å²) in [5.74, 6) is 1.58. The molecule has 8 heteroatoms. The summed E-state index contributed by atoms with van der Waals surface area (Å²) in [6.45, 7) is 60.3. The molecular weight excluding hydrogens is 1270 g/mol. The monoisotopic (exact) mass is 1380 g/mol. The van der Waals surface area contributed by atoms with Crippen LogP contribution in [0.25, 0.3) is 6.08 Å². The van der Waals surface area contributed by atoms with E-state index in [0.717, 1.165) is 36.0 Å². The van der Waals surface area contributed by atoms with Gasteiger partial charge in [0.1, 0.15) is 0 Å². The number of rotatable bonds is 22. The van der Waals surface area contributed by atoms with Crippen LogP contribution in [0.2, 0.25) is 0 Å². The molecule has 0 fully saturated rings. The van der Waals surface area contributed by atoms with Gasteiger partial charge in [0.25, 0.3) is 0 Å². The first-order chi connectivity index (χ1) is 40.4. The Hall–Kier alpha value is -2.46. The quantitative estimate of drug-likeness (QED) is 0.0361. The van der Waals surface area contributed by atoms with Gasteiger partial charge in [0, 0.05) is 0 Å². The average molecular weight is 1380 g/mol. The number of halogens is 7. The fourth-order valence-electron chi connectivity index (χ4n) is 13.3. The summed E-state index contributed by atoms with van der Waals surface area (Å²) in [6.07, 6.45) is 8.77. The SMILES string of the molecule is C=C(C)C.C=Cc1ccccc1.CC(C)(Cl)c1cc(C(C)(C)Cl)cc(C(C)(C)Cl)c1.CC(CC(C)(C)CC(C)(C)c1cc(C(C)(C)CC(C)(C)CC(C)c2ccccc2)cc(C(C)(C)CC(C)(C)CC(C)c2ccccc2)c1)c1ccccc1.[Cl][Ti]([Cl])([Cl])[Cl]. The molecule has 3 unspecified atom stereocenters. The molecule has 0 bridgehead atoms. The standard InChI is InChI=1S/C54H78.C15H21Cl3.C8H8.C4H8.4ClH.Ti/c1-40(43-25-19-16-20-26-43)34-49(4,5)37-52(10,11)46-31-47(53(12,13)38-50(6,7)35-41(2)44-27-21-17-22-28-44)33-48(32-46)54(14,15)39-51(8,9)36-42(3)45-29-23-18-24-30-45;1-13(2,16)10-7-11(14(3,4)17)9-12(8-10)15(5,6)18;1-2-8-6-4-3-5-7-8;1-4(2)3;;;;;/h16-33,40-42H,34-39H2,1-15H3;7-9H,1-6H3;2-7H,1H2;1H2,2-3H3;4*1H;/q;;;;;;;;+4/p-4. The van der Waals surface area contributed by atoms with Crippen molar-refractivity contribution in [1.82, 2.24) is 0 Å². The van der Waals surface area contributed by atoms with E-state index in [2.05, 4.69) is 244 Å². The van der Waals surface area contributed by atoms with Crippen molar-refractivity contribution in [3.05, 3.63) is 232 Å². The van der Waals surface area contributed by atoms with Gasteiger partial charge < -0.3 is 0 Å². The topological polar surface area (TPSA) is 0 Å². The van der Waals surface area contributed by atoms with Gasteiger partial charge in [-0.1, -0.05) is 280 Å². The van der Waals surface area contributed by atoms with E-state index in [4.69, 9.17) is 72.0 Å². The van der Waals surface area contributed by atoms with Crippen LogP contribution in [0.1, 0.15) is 271 Å². The molecule has 3 atom stereocenters. The van der Waals surface area contributed by atoms with E-state index in [1.165, 1.54) is 63.8 Å². The van der Waals surface area contributed by atoms with E-state index in [1.807, 2.05) is 91.8 Å². The Bertz CT molecular complexity index is 2730. The van der Waals surface area contributed by atoms with E-state index >= 15 is 0 Å². The average Bonchev–Trinajstić information content (AvgIpc) is 1.34. The minimum absolute atomic E-state index is 0.0194. The summed E-state index contributed by atoms with van der Waals surface area (Å²) in [5, 5.41) is 0. The van der Waals surface area contributed by atoms with Crippen molar-refractivity contribution < 1.29 is 12.3 Å². The van der Waals surface area contributed by atoms with Gasteiger partial charge in [0.05, 0.1) is 14.6 Å². The Morgan fingerprint density at radius 1 is 0.371 bits per heavy atom. The Labute approximate surface area is 580 Å². The van der Waals surface area contributed by atoms with E-state index in [-0.39, 0.29) is 32.5 Å². The van der Waals surface area contributed by atoms with Crippen molar-refractivity contribution in [3.63, 3.8) is 0 Å². The van der Waals surface area contributed by atoms with Gasteiger partial charge in [-0.05, 0) is 200 Å². The summed E-state index contributed by atoms with van der Waals surface area (Å²) in [4.78, 5) is -1.31. The molecular formula is C81H115Cl7Ti. The van der Waals surface area contributed by atoms with Gasteiger partial charge in [0.2, 0.25) is 0 Å². The van der Waals surface area contributed by atoms with Gasteiger partial charge in [-0.25, -0.2) is 0 Å². The minimum atomic E-state index is -3.11. The van der Waals surface area contributed by atoms with Gasteiger partial charge in [0.15, 0.2) is 0 Å². The second-order valence-corrected chi connectivity index (χ2v) is 49.8. The summed E-state index contributed by atoms with van der Waals surface area (Å²) < 4.78 is 0. The zero-order valence-corrected chi connectivity index (χ0v) is 66.0. The van der Waals surface area contributed by atoms with Crippen LogP contribution in [0.4, 0.5) is 0 Å². The Kier molecular flexibility index (Phi) is 32.3. The Balaban J connectivity index is 0.000000619. The molecule has 0 aliphatic rings. The molecule has 492 valence electrons. The summed E-state index contributed by atoms with van der Waals surface area (Å²) in [5.41, 5.74) is 14.9. The first kappa shape index (κ1) is 82.6. The molecule has 0 nitrogen and oxygen atoms in total. The predicted octanol–water partition coefficient (Wildman–Crippen LogP) is 29.1. The second kappa shape index (κ2) is 34.8. The Morgan fingerprint density at radius 2 is 0.551 bits per heavy atom. The summed E-state index contributed by atoms with van der Waals surface area (Å²) in [6, 6.07) is 57.4. The van der Waals surface area contributed by atoms with Crippen molar-refractivity contribution in [3.8, 4) is 0 Å². The van der Waals surface area contributed by atoms with Gasteiger partial charge in [-0.15, -0.1) is 41.4 Å². The van der Waals surface area contributed by atoms with E-state index < -0.39 is 27.0 Å². The normalized spacial score (nSPS) is 13.7. The molecule has 0 spiro atoms. The molecule has 0 amide bonds. The zero-order chi connectivity index (χ0) is 68.4.